The zero-order valence-electron chi connectivity index (χ0n) is 10.0. The monoisotopic (exact) mass is 353 g/mol. The minimum absolute atomic E-state index is 0.0615. The van der Waals surface area contributed by atoms with Crippen LogP contribution in [0.25, 0.3) is 11.1 Å². The van der Waals surface area contributed by atoms with Gasteiger partial charge in [0.05, 0.1) is 15.1 Å². The van der Waals surface area contributed by atoms with Crippen molar-refractivity contribution in [2.75, 3.05) is 0 Å². The van der Waals surface area contributed by atoms with Crippen molar-refractivity contribution in [2.24, 2.45) is 0 Å². The summed E-state index contributed by atoms with van der Waals surface area (Å²) >= 11 is 17.6. The lowest BCUT2D eigenvalue weighted by atomic mass is 9.98. The summed E-state index contributed by atoms with van der Waals surface area (Å²) < 4.78 is 39.2. The summed E-state index contributed by atoms with van der Waals surface area (Å²) in [5.41, 5.74) is -1.90. The molecule has 0 amide bonds. The number of hydrogen-bond donors (Lipinski definition) is 0. The predicted octanol–water partition coefficient (Wildman–Crippen LogP) is 5.54. The highest BCUT2D eigenvalue weighted by molar-refractivity contribution is 6.49. The summed E-state index contributed by atoms with van der Waals surface area (Å²) in [5.74, 6) is 0. The van der Waals surface area contributed by atoms with E-state index < -0.39 is 17.4 Å². The van der Waals surface area contributed by atoms with Crippen molar-refractivity contribution in [3.8, 4) is 11.1 Å². The summed E-state index contributed by atoms with van der Waals surface area (Å²) in [6.07, 6.45) is -3.55. The van der Waals surface area contributed by atoms with Gasteiger partial charge in [-0.25, -0.2) is 0 Å². The SMILES string of the molecule is O=Cc1ccnc(C(F)(F)F)c1-c1ccc(Cl)c(Cl)c1Cl. The third-order valence-electron chi connectivity index (χ3n) is 2.68. The predicted molar refractivity (Wildman–Crippen MR) is 75.1 cm³/mol. The van der Waals surface area contributed by atoms with Gasteiger partial charge >= 0.3 is 6.18 Å². The molecule has 2 aromatic rings. The second kappa shape index (κ2) is 5.83. The number of hydrogen-bond acceptors (Lipinski definition) is 2. The molecule has 21 heavy (non-hydrogen) atoms. The number of aromatic nitrogens is 1. The highest BCUT2D eigenvalue weighted by Gasteiger charge is 2.37. The van der Waals surface area contributed by atoms with Crippen LogP contribution in [-0.4, -0.2) is 11.3 Å². The van der Waals surface area contributed by atoms with Crippen LogP contribution in [0.2, 0.25) is 15.1 Å². The number of carbonyl (C=O) groups excluding carboxylic acids is 1. The Hall–Kier alpha value is -1.30. The summed E-state index contributed by atoms with van der Waals surface area (Å²) in [6, 6.07) is 3.72. The Bertz CT molecular complexity index is 717. The average Bonchev–Trinajstić information content (AvgIpc) is 2.43. The molecule has 0 bridgehead atoms. The number of rotatable bonds is 2. The van der Waals surface area contributed by atoms with E-state index in [-0.39, 0.29) is 26.2 Å². The molecular weight excluding hydrogens is 350 g/mol. The molecular formula is C13H5Cl3F3NO. The molecule has 8 heteroatoms. The third kappa shape index (κ3) is 3.00. The Balaban J connectivity index is 2.86. The zero-order chi connectivity index (χ0) is 15.8. The fraction of sp³-hybridized carbons (Fsp3) is 0.0769. The average molecular weight is 355 g/mol. The first kappa shape index (κ1) is 16.1. The van der Waals surface area contributed by atoms with E-state index in [1.807, 2.05) is 0 Å². The number of halogens is 6. The van der Waals surface area contributed by atoms with Crippen molar-refractivity contribution >= 4 is 41.1 Å². The second-order valence-electron chi connectivity index (χ2n) is 3.96. The van der Waals surface area contributed by atoms with Crippen molar-refractivity contribution in [1.82, 2.24) is 4.98 Å². The molecule has 0 atom stereocenters. The summed E-state index contributed by atoms with van der Waals surface area (Å²) in [5, 5.41) is -0.175. The van der Waals surface area contributed by atoms with Gasteiger partial charge in [-0.15, -0.1) is 0 Å². The molecule has 1 aromatic carbocycles. The van der Waals surface area contributed by atoms with Crippen LogP contribution in [0, 0.1) is 0 Å². The van der Waals surface area contributed by atoms with E-state index in [0.717, 1.165) is 12.3 Å². The molecule has 1 aromatic heterocycles. The van der Waals surface area contributed by atoms with Crippen LogP contribution in [0.1, 0.15) is 16.1 Å². The Morgan fingerprint density at radius 1 is 1.05 bits per heavy atom. The van der Waals surface area contributed by atoms with E-state index in [1.165, 1.54) is 12.1 Å². The first-order chi connectivity index (χ1) is 9.77. The first-order valence-corrected chi connectivity index (χ1v) is 6.56. The van der Waals surface area contributed by atoms with Crippen molar-refractivity contribution in [1.29, 1.82) is 0 Å². The van der Waals surface area contributed by atoms with Crippen LogP contribution < -0.4 is 0 Å². The van der Waals surface area contributed by atoms with Crippen LogP contribution in [0.4, 0.5) is 13.2 Å². The van der Waals surface area contributed by atoms with Gasteiger partial charge in [0.15, 0.2) is 12.0 Å². The largest absolute Gasteiger partial charge is 0.433 e. The van der Waals surface area contributed by atoms with Gasteiger partial charge in [-0.1, -0.05) is 40.9 Å². The van der Waals surface area contributed by atoms with Gasteiger partial charge in [-0.3, -0.25) is 9.78 Å². The van der Waals surface area contributed by atoms with Crippen molar-refractivity contribution < 1.29 is 18.0 Å². The van der Waals surface area contributed by atoms with Gasteiger partial charge in [-0.2, -0.15) is 13.2 Å². The molecule has 0 aliphatic carbocycles. The molecule has 0 aliphatic heterocycles. The van der Waals surface area contributed by atoms with Gasteiger partial charge in [0, 0.05) is 22.9 Å². The molecule has 1 heterocycles. The molecule has 0 saturated heterocycles. The highest BCUT2D eigenvalue weighted by atomic mass is 35.5. The molecule has 0 spiro atoms. The van der Waals surface area contributed by atoms with E-state index in [4.69, 9.17) is 34.8 Å². The standard InChI is InChI=1S/C13H5Cl3F3NO/c14-8-2-1-7(10(15)11(8)16)9-6(5-21)3-4-20-12(9)13(17,18)19/h1-5H. The maximum atomic E-state index is 13.1. The molecule has 0 radical (unpaired) electrons. The van der Waals surface area contributed by atoms with Crippen LogP contribution in [0.15, 0.2) is 24.4 Å². The lowest BCUT2D eigenvalue weighted by Crippen LogP contribution is -2.11. The van der Waals surface area contributed by atoms with Gasteiger partial charge in [0.1, 0.15) is 0 Å². The quantitative estimate of drug-likeness (QED) is 0.523. The third-order valence-corrected chi connectivity index (χ3v) is 3.98. The molecule has 0 N–H and O–H groups in total. The normalized spacial score (nSPS) is 11.5. The Morgan fingerprint density at radius 3 is 2.29 bits per heavy atom. The van der Waals surface area contributed by atoms with E-state index in [0.29, 0.717) is 6.29 Å². The molecule has 0 unspecified atom stereocenters. The minimum Gasteiger partial charge on any atom is -0.298 e. The van der Waals surface area contributed by atoms with Gasteiger partial charge in [0.25, 0.3) is 0 Å². The van der Waals surface area contributed by atoms with Gasteiger partial charge < -0.3 is 0 Å². The van der Waals surface area contributed by atoms with E-state index in [1.54, 1.807) is 0 Å². The van der Waals surface area contributed by atoms with Crippen LogP contribution in [-0.2, 0) is 6.18 Å². The summed E-state index contributed by atoms with van der Waals surface area (Å²) in [6.45, 7) is 0. The lowest BCUT2D eigenvalue weighted by molar-refractivity contribution is -0.140. The smallest absolute Gasteiger partial charge is 0.298 e. The lowest BCUT2D eigenvalue weighted by Gasteiger charge is -2.15. The number of alkyl halides is 3. The van der Waals surface area contributed by atoms with Crippen molar-refractivity contribution in [3.05, 3.63) is 50.7 Å². The van der Waals surface area contributed by atoms with Crippen LogP contribution >= 0.6 is 34.8 Å². The van der Waals surface area contributed by atoms with Crippen LogP contribution in [0.3, 0.4) is 0 Å². The Morgan fingerprint density at radius 2 is 1.71 bits per heavy atom. The Kier molecular flexibility index (Phi) is 4.46. The number of pyridine rings is 1. The topological polar surface area (TPSA) is 30.0 Å². The Labute approximate surface area is 132 Å². The van der Waals surface area contributed by atoms with Crippen molar-refractivity contribution in [2.45, 2.75) is 6.18 Å². The minimum atomic E-state index is -4.75. The molecule has 2 rings (SSSR count). The number of benzene rings is 1. The number of nitrogens with zero attached hydrogens (tertiary/aromatic N) is 1. The summed E-state index contributed by atoms with van der Waals surface area (Å²) in [4.78, 5) is 14.4. The van der Waals surface area contributed by atoms with E-state index in [9.17, 15) is 18.0 Å². The number of aldehydes is 1. The molecule has 0 saturated carbocycles. The zero-order valence-corrected chi connectivity index (χ0v) is 12.3. The van der Waals surface area contributed by atoms with Gasteiger partial charge in [0.2, 0.25) is 0 Å². The molecule has 2 nitrogen and oxygen atoms in total. The maximum Gasteiger partial charge on any atom is 0.433 e. The molecule has 0 fully saturated rings. The fourth-order valence-electron chi connectivity index (χ4n) is 1.79. The molecule has 110 valence electrons. The van der Waals surface area contributed by atoms with Gasteiger partial charge in [-0.05, 0) is 12.1 Å². The first-order valence-electron chi connectivity index (χ1n) is 5.42. The highest BCUT2D eigenvalue weighted by Crippen LogP contribution is 2.43. The van der Waals surface area contributed by atoms with Crippen LogP contribution in [0.5, 0.6) is 0 Å². The fourth-order valence-corrected chi connectivity index (χ4v) is 2.42. The van der Waals surface area contributed by atoms with E-state index >= 15 is 0 Å². The molecule has 0 aliphatic rings. The van der Waals surface area contributed by atoms with E-state index in [2.05, 4.69) is 4.98 Å². The summed E-state index contributed by atoms with van der Waals surface area (Å²) in [7, 11) is 0. The maximum absolute atomic E-state index is 13.1. The van der Waals surface area contributed by atoms with Crippen molar-refractivity contribution in [3.63, 3.8) is 0 Å². The number of carbonyl (C=O) groups is 1. The second-order valence-corrected chi connectivity index (χ2v) is 5.13.